The van der Waals surface area contributed by atoms with Gasteiger partial charge >= 0.3 is 11.9 Å². The number of carbonyl (C=O) groups is 3. The summed E-state index contributed by atoms with van der Waals surface area (Å²) in [6.45, 7) is 19.4. The van der Waals surface area contributed by atoms with Gasteiger partial charge in [-0.15, -0.1) is 0 Å². The van der Waals surface area contributed by atoms with Crippen LogP contribution in [0.5, 0.6) is 0 Å². The van der Waals surface area contributed by atoms with E-state index >= 15 is 0 Å². The van der Waals surface area contributed by atoms with Gasteiger partial charge in [-0.25, -0.2) is 4.79 Å². The summed E-state index contributed by atoms with van der Waals surface area (Å²) in [5.41, 5.74) is 0. The van der Waals surface area contributed by atoms with E-state index in [1.54, 1.807) is 0 Å². The fourth-order valence-corrected chi connectivity index (χ4v) is 17.0. The SMILES string of the molecule is CCCCCCCCC(CCCCCC)C(=O)OCCCCCC(CCCCCOC(=O)[C@@H]1CCCN1C(=O)C(CCCCCC)CCCCCCCC)N(C)CCCCO[Si](c1ccccc1)(c1ccccc1)C(C)(C)C. The molecule has 0 saturated carbocycles. The number of unbranched alkanes of at least 4 members (excludes halogenated alkanes) is 21. The predicted octanol–water partition coefficient (Wildman–Crippen LogP) is 17.5. The number of amides is 1. The van der Waals surface area contributed by atoms with Crippen LogP contribution in [0.4, 0.5) is 0 Å². The maximum absolute atomic E-state index is 14.1. The van der Waals surface area contributed by atoms with Gasteiger partial charge in [0.2, 0.25) is 5.91 Å². The molecule has 0 aromatic heterocycles. The highest BCUT2D eigenvalue weighted by Gasteiger charge is 2.50. The Labute approximate surface area is 481 Å². The molecule has 3 rings (SSSR count). The van der Waals surface area contributed by atoms with Gasteiger partial charge in [0.1, 0.15) is 6.04 Å². The second-order valence-electron chi connectivity index (χ2n) is 24.8. The van der Waals surface area contributed by atoms with E-state index in [2.05, 4.69) is 121 Å². The topological polar surface area (TPSA) is 85.4 Å². The number of hydrogen-bond donors (Lipinski definition) is 0. The third-order valence-electron chi connectivity index (χ3n) is 17.2. The van der Waals surface area contributed by atoms with Gasteiger partial charge in [-0.3, -0.25) is 9.59 Å². The molecule has 1 saturated heterocycles. The number of benzene rings is 2. The van der Waals surface area contributed by atoms with Crippen molar-refractivity contribution in [2.24, 2.45) is 11.8 Å². The predicted molar refractivity (Wildman–Crippen MR) is 333 cm³/mol. The molecular weight excluding hydrogens is 981 g/mol. The molecule has 3 unspecified atom stereocenters. The lowest BCUT2D eigenvalue weighted by atomic mass is 9.92. The molecule has 446 valence electrons. The van der Waals surface area contributed by atoms with E-state index in [-0.39, 0.29) is 34.7 Å². The Balaban J connectivity index is 1.57. The van der Waals surface area contributed by atoms with Crippen molar-refractivity contribution in [3.63, 3.8) is 0 Å². The Morgan fingerprint density at radius 3 is 1.42 bits per heavy atom. The largest absolute Gasteiger partial charge is 0.465 e. The van der Waals surface area contributed by atoms with Gasteiger partial charge in [0.15, 0.2) is 0 Å². The molecule has 1 amide bonds. The van der Waals surface area contributed by atoms with Crippen LogP contribution < -0.4 is 10.4 Å². The molecule has 2 aromatic rings. The van der Waals surface area contributed by atoms with Gasteiger partial charge in [0.25, 0.3) is 8.32 Å². The van der Waals surface area contributed by atoms with E-state index in [4.69, 9.17) is 13.9 Å². The zero-order valence-corrected chi connectivity index (χ0v) is 52.9. The van der Waals surface area contributed by atoms with Crippen LogP contribution >= 0.6 is 0 Å². The number of nitrogens with zero attached hydrogens (tertiary/aromatic N) is 2. The smallest absolute Gasteiger partial charge is 0.328 e. The molecule has 4 atom stereocenters. The molecule has 0 radical (unpaired) electrons. The first-order valence-corrected chi connectivity index (χ1v) is 34.9. The lowest BCUT2D eigenvalue weighted by Gasteiger charge is -2.43. The number of esters is 2. The first-order chi connectivity index (χ1) is 37.9. The number of carbonyl (C=O) groups excluding carboxylic acids is 3. The summed E-state index contributed by atoms with van der Waals surface area (Å²) in [5.74, 6) is 0.106. The van der Waals surface area contributed by atoms with Crippen LogP contribution in [0.2, 0.25) is 5.04 Å². The molecule has 78 heavy (non-hydrogen) atoms. The fraction of sp³-hybridized carbons (Fsp3) is 0.783. The minimum atomic E-state index is -2.58. The van der Waals surface area contributed by atoms with Crippen molar-refractivity contribution in [1.82, 2.24) is 9.80 Å². The molecule has 1 aliphatic rings. The Hall–Kier alpha value is -3.01. The van der Waals surface area contributed by atoms with Crippen molar-refractivity contribution in [2.45, 2.75) is 297 Å². The van der Waals surface area contributed by atoms with E-state index in [1.807, 2.05) is 4.90 Å². The number of hydrogen-bond acceptors (Lipinski definition) is 7. The van der Waals surface area contributed by atoms with Crippen LogP contribution in [0.3, 0.4) is 0 Å². The first kappa shape index (κ1) is 69.3. The van der Waals surface area contributed by atoms with E-state index in [9.17, 15) is 14.4 Å². The monoisotopic (exact) mass is 1100 g/mol. The highest BCUT2D eigenvalue weighted by atomic mass is 28.4. The van der Waals surface area contributed by atoms with E-state index < -0.39 is 14.4 Å². The van der Waals surface area contributed by atoms with Crippen molar-refractivity contribution >= 4 is 36.5 Å². The summed E-state index contributed by atoms with van der Waals surface area (Å²) >= 11 is 0. The third-order valence-corrected chi connectivity index (χ3v) is 22.3. The Bertz CT molecular complexity index is 1750. The Kier molecular flexibility index (Phi) is 38.0. The van der Waals surface area contributed by atoms with Crippen molar-refractivity contribution in [3.8, 4) is 0 Å². The van der Waals surface area contributed by atoms with Crippen LogP contribution in [-0.4, -0.2) is 88.0 Å². The van der Waals surface area contributed by atoms with E-state index in [0.717, 1.165) is 135 Å². The van der Waals surface area contributed by atoms with Crippen LogP contribution in [0.25, 0.3) is 0 Å². The average Bonchev–Trinajstić information content (AvgIpc) is 4.02. The minimum Gasteiger partial charge on any atom is -0.465 e. The zero-order chi connectivity index (χ0) is 56.5. The number of ether oxygens (including phenoxy) is 2. The van der Waals surface area contributed by atoms with Crippen molar-refractivity contribution in [1.29, 1.82) is 0 Å². The van der Waals surface area contributed by atoms with Gasteiger partial charge in [-0.1, -0.05) is 263 Å². The van der Waals surface area contributed by atoms with Crippen molar-refractivity contribution in [2.75, 3.05) is 40.0 Å². The summed E-state index contributed by atoms with van der Waals surface area (Å²) in [5, 5.41) is 2.61. The van der Waals surface area contributed by atoms with Gasteiger partial charge in [0, 0.05) is 25.1 Å². The highest BCUT2D eigenvalue weighted by Crippen LogP contribution is 2.37. The molecule has 1 fully saturated rings. The number of rotatable bonds is 48. The quantitative estimate of drug-likeness (QED) is 0.0371. The fourth-order valence-electron chi connectivity index (χ4n) is 12.4. The molecular formula is C69H120N2O6Si. The Morgan fingerprint density at radius 2 is 0.936 bits per heavy atom. The molecule has 1 aliphatic heterocycles. The molecule has 9 heteroatoms. The summed E-state index contributed by atoms with van der Waals surface area (Å²) in [7, 11) is -0.275. The van der Waals surface area contributed by atoms with Gasteiger partial charge in [0.05, 0.1) is 19.1 Å². The molecule has 8 nitrogen and oxygen atoms in total. The van der Waals surface area contributed by atoms with Crippen LogP contribution in [0, 0.1) is 11.8 Å². The molecule has 0 N–H and O–H groups in total. The summed E-state index contributed by atoms with van der Waals surface area (Å²) in [6.07, 6.45) is 40.0. The van der Waals surface area contributed by atoms with Gasteiger partial charge in [-0.05, 0) is 106 Å². The minimum absolute atomic E-state index is 0.0226. The first-order valence-electron chi connectivity index (χ1n) is 33.0. The molecule has 1 heterocycles. The lowest BCUT2D eigenvalue weighted by molar-refractivity contribution is -0.155. The van der Waals surface area contributed by atoms with Gasteiger partial charge < -0.3 is 23.7 Å². The second-order valence-corrected chi connectivity index (χ2v) is 29.1. The summed E-state index contributed by atoms with van der Waals surface area (Å²) in [4.78, 5) is 45.6. The maximum atomic E-state index is 14.1. The highest BCUT2D eigenvalue weighted by molar-refractivity contribution is 6.99. The third kappa shape index (κ3) is 26.7. The van der Waals surface area contributed by atoms with Crippen molar-refractivity contribution in [3.05, 3.63) is 60.7 Å². The second kappa shape index (κ2) is 42.8. The normalized spacial score (nSPS) is 15.2. The van der Waals surface area contributed by atoms with Crippen LogP contribution in [0.15, 0.2) is 60.7 Å². The average molecular weight is 1100 g/mol. The van der Waals surface area contributed by atoms with Crippen LogP contribution in [-0.2, 0) is 28.3 Å². The van der Waals surface area contributed by atoms with E-state index in [0.29, 0.717) is 32.2 Å². The molecule has 0 spiro atoms. The van der Waals surface area contributed by atoms with Crippen LogP contribution in [0.1, 0.15) is 280 Å². The number of likely N-dealkylation sites (tertiary alicyclic amines) is 1. The molecule has 0 bridgehead atoms. The standard InChI is InChI=1S/C69H120N2O6Si/c1-9-13-17-21-23-31-45-60(44-29-19-15-11-3)66(72)71-56-43-54-65(71)68(74)76-58-41-28-34-49-62(48-33-27-40-57-75-67(73)61(46-30-20-16-12-4)47-32-24-22-18-14-10-2)70(8)55-39-42-59-77-78(69(5,6)7,63-50-35-25-36-51-63)64-52-37-26-38-53-64/h25-26,35-38,50-53,60-62,65H,9-24,27-34,39-49,54-59H2,1-8H3/t60?,61?,62?,65-/m0/s1. The Morgan fingerprint density at radius 1 is 0.526 bits per heavy atom. The maximum Gasteiger partial charge on any atom is 0.328 e. The summed E-state index contributed by atoms with van der Waals surface area (Å²) < 4.78 is 19.2. The van der Waals surface area contributed by atoms with Crippen molar-refractivity contribution < 1.29 is 28.3 Å². The molecule has 2 aromatic carbocycles. The zero-order valence-electron chi connectivity index (χ0n) is 51.9. The van der Waals surface area contributed by atoms with Gasteiger partial charge in [-0.2, -0.15) is 0 Å². The molecule has 0 aliphatic carbocycles. The summed E-state index contributed by atoms with van der Waals surface area (Å²) in [6, 6.07) is 21.9. The van der Waals surface area contributed by atoms with E-state index in [1.165, 1.54) is 113 Å². The lowest BCUT2D eigenvalue weighted by Crippen LogP contribution is -2.66.